The molecule has 0 aromatic heterocycles. The molecule has 1 heterocycles. The SMILES string of the molecule is C=C1/C(=C\C=C2/CCC[C@@]3(C)C2CC[C@@H]3[C@H](C)CCCC(C)(O)CCCCCCCCCCNC(=S)Nc2ccc(-c3c4ccc(=O)cc-4oc4cc(O)ccc34)c(C(=O)O)c2)C[C@@H](O)C[C@@H]1O. The number of aromatic hydroxyl groups is 1. The molecule has 0 amide bonds. The number of fused-ring (bicyclic) bond motifs is 3. The van der Waals surface area contributed by atoms with E-state index in [-0.39, 0.29) is 16.7 Å². The van der Waals surface area contributed by atoms with Crippen molar-refractivity contribution in [2.75, 3.05) is 11.9 Å². The van der Waals surface area contributed by atoms with Gasteiger partial charge in [0.2, 0.25) is 0 Å². The minimum atomic E-state index is -1.12. The van der Waals surface area contributed by atoms with Crippen LogP contribution in [0.25, 0.3) is 33.4 Å². The van der Waals surface area contributed by atoms with Gasteiger partial charge in [0.1, 0.15) is 17.1 Å². The van der Waals surface area contributed by atoms with Gasteiger partial charge >= 0.3 is 5.97 Å². The van der Waals surface area contributed by atoms with Gasteiger partial charge in [-0.3, -0.25) is 4.79 Å². The molecule has 7 N–H and O–H groups in total. The van der Waals surface area contributed by atoms with Crippen LogP contribution in [0.3, 0.4) is 0 Å². The summed E-state index contributed by atoms with van der Waals surface area (Å²) >= 11 is 5.55. The van der Waals surface area contributed by atoms with Crippen molar-refractivity contribution < 1.29 is 34.7 Å². The van der Waals surface area contributed by atoms with Gasteiger partial charge in [-0.1, -0.05) is 102 Å². The predicted molar refractivity (Wildman–Crippen MR) is 277 cm³/mol. The van der Waals surface area contributed by atoms with E-state index < -0.39 is 23.8 Å². The molecule has 0 bridgehead atoms. The first-order chi connectivity index (χ1) is 32.5. The predicted octanol–water partition coefficient (Wildman–Crippen LogP) is 12.5. The second kappa shape index (κ2) is 22.7. The van der Waals surface area contributed by atoms with E-state index in [1.807, 2.05) is 6.92 Å². The van der Waals surface area contributed by atoms with E-state index in [0.717, 1.165) is 75.4 Å². The van der Waals surface area contributed by atoms with Crippen LogP contribution in [0.1, 0.15) is 153 Å². The van der Waals surface area contributed by atoms with Gasteiger partial charge in [-0.2, -0.15) is 0 Å². The Morgan fingerprint density at radius 3 is 2.44 bits per heavy atom. The first-order valence-corrected chi connectivity index (χ1v) is 25.7. The number of hydrogen-bond donors (Lipinski definition) is 7. The summed E-state index contributed by atoms with van der Waals surface area (Å²) < 4.78 is 5.94. The van der Waals surface area contributed by atoms with Gasteiger partial charge < -0.3 is 40.6 Å². The van der Waals surface area contributed by atoms with Gasteiger partial charge in [0.05, 0.1) is 23.4 Å². The van der Waals surface area contributed by atoms with Crippen LogP contribution in [0.15, 0.2) is 99.3 Å². The van der Waals surface area contributed by atoms with Crippen LogP contribution < -0.4 is 16.1 Å². The highest BCUT2D eigenvalue weighted by atomic mass is 32.1. The minimum absolute atomic E-state index is 0.0101. The normalized spacial score (nSPS) is 24.3. The third kappa shape index (κ3) is 12.5. The molecule has 2 aromatic rings. The van der Waals surface area contributed by atoms with Gasteiger partial charge in [-0.15, -0.1) is 0 Å². The maximum absolute atomic E-state index is 12.6. The molecule has 2 unspecified atom stereocenters. The second-order valence-corrected chi connectivity index (χ2v) is 21.3. The van der Waals surface area contributed by atoms with E-state index in [1.54, 1.807) is 30.3 Å². The lowest BCUT2D eigenvalue weighted by Crippen LogP contribution is -2.36. The van der Waals surface area contributed by atoms with Crippen molar-refractivity contribution in [2.45, 2.75) is 161 Å². The molecule has 68 heavy (non-hydrogen) atoms. The molecule has 3 fully saturated rings. The van der Waals surface area contributed by atoms with Crippen molar-refractivity contribution in [3.8, 4) is 28.2 Å². The van der Waals surface area contributed by atoms with Crippen LogP contribution in [0.2, 0.25) is 0 Å². The van der Waals surface area contributed by atoms with Gasteiger partial charge in [0.15, 0.2) is 10.5 Å². The van der Waals surface area contributed by atoms with Crippen LogP contribution >= 0.6 is 12.2 Å². The Labute approximate surface area is 408 Å². The Morgan fingerprint density at radius 1 is 0.956 bits per heavy atom. The fourth-order valence-electron chi connectivity index (χ4n) is 12.0. The molecule has 2 aromatic carbocycles. The van der Waals surface area contributed by atoms with E-state index in [9.17, 15) is 35.1 Å². The molecule has 11 heteroatoms. The molecular weight excluding hydrogens is 873 g/mol. The number of anilines is 1. The van der Waals surface area contributed by atoms with Gasteiger partial charge in [-0.05, 0) is 153 Å². The van der Waals surface area contributed by atoms with Crippen molar-refractivity contribution in [3.63, 3.8) is 0 Å². The Balaban J connectivity index is 0.763. The van der Waals surface area contributed by atoms with Crippen LogP contribution in [0.5, 0.6) is 5.75 Å². The van der Waals surface area contributed by atoms with Crippen molar-refractivity contribution in [1.29, 1.82) is 0 Å². The molecule has 7 atom stereocenters. The molecule has 0 spiro atoms. The molecule has 4 aliphatic carbocycles. The highest BCUT2D eigenvalue weighted by Gasteiger charge is 2.50. The quantitative estimate of drug-likeness (QED) is 0.0255. The molecule has 5 aliphatic rings. The number of unbranched alkanes of at least 4 members (excludes halogenated alkanes) is 7. The Kier molecular flexibility index (Phi) is 17.1. The zero-order valence-electron chi connectivity index (χ0n) is 40.5. The van der Waals surface area contributed by atoms with Crippen molar-refractivity contribution in [3.05, 3.63) is 106 Å². The van der Waals surface area contributed by atoms with E-state index in [2.05, 4.69) is 43.2 Å². The molecular formula is C57H74N2O8S. The zero-order chi connectivity index (χ0) is 48.6. The summed E-state index contributed by atoms with van der Waals surface area (Å²) in [5, 5.41) is 59.6. The van der Waals surface area contributed by atoms with E-state index in [1.165, 1.54) is 74.8 Å². The molecule has 7 rings (SSSR count). The Bertz CT molecular complexity index is 2520. The number of benzene rings is 3. The fraction of sp³-hybridized carbons (Fsp3) is 0.526. The number of thiocarbonyl (C=S) groups is 1. The van der Waals surface area contributed by atoms with Crippen LogP contribution in [-0.2, 0) is 0 Å². The number of hydrogen-bond acceptors (Lipinski definition) is 8. The maximum Gasteiger partial charge on any atom is 0.336 e. The van der Waals surface area contributed by atoms with Crippen molar-refractivity contribution in [1.82, 2.24) is 5.32 Å². The number of aliphatic hydroxyl groups is 3. The number of aromatic carboxylic acids is 1. The average molecular weight is 947 g/mol. The lowest BCUT2D eigenvalue weighted by atomic mass is 9.60. The number of phenolic OH excluding ortho intramolecular Hbond substituents is 1. The molecule has 3 saturated carbocycles. The average Bonchev–Trinajstić information content (AvgIpc) is 3.65. The number of aliphatic hydroxyl groups excluding tert-OH is 2. The first kappa shape index (κ1) is 51.1. The van der Waals surface area contributed by atoms with Crippen LogP contribution in [0.4, 0.5) is 5.69 Å². The van der Waals surface area contributed by atoms with Gasteiger partial charge in [-0.25, -0.2) is 4.79 Å². The highest BCUT2D eigenvalue weighted by molar-refractivity contribution is 7.80. The third-order valence-electron chi connectivity index (χ3n) is 15.7. The Morgan fingerprint density at radius 2 is 1.68 bits per heavy atom. The number of phenols is 1. The van der Waals surface area contributed by atoms with Crippen LogP contribution in [0, 0.1) is 23.2 Å². The standard InChI is InChI=1S/C57H74N2O8S/c1-36(48-25-26-49-38(16-14-29-57(48,49)4)17-18-39-31-43(62)33-50(63)37(39)2)15-13-28-56(3,66)27-11-9-7-5-6-8-10-12-30-58-55(68)59-40-19-22-44(47(32-40)54(64)65)53-45-23-20-41(60)34-51(45)67-52-35-42(61)21-24-46(52)53/h17-24,32,34-36,43,48-50,60,62-63,66H,2,5-16,25-31,33H2,1,3-4H3,(H,64,65)(H2,58,59,68)/b38-17+,39-18-/t36-,43-,48-,49?,50+,56?,57-/m1/s1. The highest BCUT2D eigenvalue weighted by Crippen LogP contribution is 2.60. The number of carbonyl (C=O) groups is 1. The zero-order valence-corrected chi connectivity index (χ0v) is 41.3. The first-order valence-electron chi connectivity index (χ1n) is 25.3. The monoisotopic (exact) mass is 947 g/mol. The summed E-state index contributed by atoms with van der Waals surface area (Å²) in [6.07, 6.45) is 23.2. The lowest BCUT2D eigenvalue weighted by Gasteiger charge is -2.44. The maximum atomic E-state index is 12.6. The van der Waals surface area contributed by atoms with Gasteiger partial charge in [0, 0.05) is 47.3 Å². The number of carboxylic acids is 1. The number of nitrogens with one attached hydrogen (secondary N) is 2. The number of carboxylic acid groups (broad SMARTS) is 1. The number of allylic oxidation sites excluding steroid dienone is 3. The number of rotatable bonds is 20. The lowest BCUT2D eigenvalue weighted by molar-refractivity contribution is 0.0323. The largest absolute Gasteiger partial charge is 0.508 e. The van der Waals surface area contributed by atoms with Crippen molar-refractivity contribution in [2.24, 2.45) is 23.2 Å². The molecule has 10 nitrogen and oxygen atoms in total. The summed E-state index contributed by atoms with van der Waals surface area (Å²) in [7, 11) is 0. The molecule has 366 valence electrons. The van der Waals surface area contributed by atoms with E-state index in [0.29, 0.717) is 86.8 Å². The van der Waals surface area contributed by atoms with E-state index in [4.69, 9.17) is 16.6 Å². The fourth-order valence-corrected chi connectivity index (χ4v) is 12.3. The second-order valence-electron chi connectivity index (χ2n) is 20.9. The third-order valence-corrected chi connectivity index (χ3v) is 16.0. The Hall–Kier alpha value is -4.81. The van der Waals surface area contributed by atoms with Gasteiger partial charge in [0.25, 0.3) is 0 Å². The summed E-state index contributed by atoms with van der Waals surface area (Å²) in [6.45, 7) is 11.8. The topological polar surface area (TPSA) is 172 Å². The smallest absolute Gasteiger partial charge is 0.336 e. The van der Waals surface area contributed by atoms with Crippen LogP contribution in [-0.4, -0.2) is 61.0 Å². The van der Waals surface area contributed by atoms with E-state index >= 15 is 0 Å². The molecule has 0 radical (unpaired) electrons. The summed E-state index contributed by atoms with van der Waals surface area (Å²) in [4.78, 5) is 24.8. The summed E-state index contributed by atoms with van der Waals surface area (Å²) in [5.41, 5.74) is 5.25. The molecule has 0 saturated heterocycles. The minimum Gasteiger partial charge on any atom is -0.508 e. The summed E-state index contributed by atoms with van der Waals surface area (Å²) in [6, 6.07) is 14.1. The molecule has 1 aliphatic heterocycles. The van der Waals surface area contributed by atoms with Crippen molar-refractivity contribution >= 4 is 40.0 Å². The summed E-state index contributed by atoms with van der Waals surface area (Å²) in [5.74, 6) is 1.08.